The first kappa shape index (κ1) is 16.4. The molecule has 0 saturated heterocycles. The van der Waals surface area contributed by atoms with Crippen molar-refractivity contribution in [1.29, 1.82) is 0 Å². The highest BCUT2D eigenvalue weighted by molar-refractivity contribution is 5.45. The van der Waals surface area contributed by atoms with Crippen LogP contribution in [0.2, 0.25) is 0 Å². The van der Waals surface area contributed by atoms with Crippen LogP contribution in [0, 0.1) is 0 Å². The third-order valence-electron chi connectivity index (χ3n) is 3.15. The van der Waals surface area contributed by atoms with Gasteiger partial charge in [-0.3, -0.25) is 0 Å². The minimum absolute atomic E-state index is 0.310. The molecule has 0 radical (unpaired) electrons. The zero-order valence-corrected chi connectivity index (χ0v) is 13.1. The SMILES string of the molecule is CCOc1cccc(O)c1C/C=C(\C)CCC=C(C)C. The Bertz CT molecular complexity index is 480. The molecule has 0 atom stereocenters. The molecule has 1 N–H and O–H groups in total. The monoisotopic (exact) mass is 274 g/mol. The second-order valence-electron chi connectivity index (χ2n) is 5.26. The van der Waals surface area contributed by atoms with Crippen molar-refractivity contribution in [2.45, 2.75) is 47.0 Å². The van der Waals surface area contributed by atoms with Crippen molar-refractivity contribution >= 4 is 0 Å². The fourth-order valence-electron chi connectivity index (χ4n) is 2.02. The fraction of sp³-hybridized carbons (Fsp3) is 0.444. The Balaban J connectivity index is 2.70. The number of aromatic hydroxyl groups is 1. The molecule has 2 heteroatoms. The van der Waals surface area contributed by atoms with Gasteiger partial charge in [0.25, 0.3) is 0 Å². The van der Waals surface area contributed by atoms with Crippen molar-refractivity contribution in [3.05, 3.63) is 47.1 Å². The van der Waals surface area contributed by atoms with Gasteiger partial charge in [0.15, 0.2) is 0 Å². The van der Waals surface area contributed by atoms with Gasteiger partial charge >= 0.3 is 0 Å². The number of hydrogen-bond donors (Lipinski definition) is 1. The van der Waals surface area contributed by atoms with E-state index in [4.69, 9.17) is 4.74 Å². The van der Waals surface area contributed by atoms with Gasteiger partial charge in [-0.25, -0.2) is 0 Å². The van der Waals surface area contributed by atoms with E-state index in [1.807, 2.05) is 19.1 Å². The predicted octanol–water partition coefficient (Wildman–Crippen LogP) is 5.03. The maximum absolute atomic E-state index is 9.96. The number of allylic oxidation sites excluding steroid dienone is 4. The van der Waals surface area contributed by atoms with Crippen LogP contribution < -0.4 is 4.74 Å². The van der Waals surface area contributed by atoms with Gasteiger partial charge in [0.05, 0.1) is 6.61 Å². The Morgan fingerprint density at radius 2 is 1.95 bits per heavy atom. The fourth-order valence-corrected chi connectivity index (χ4v) is 2.02. The van der Waals surface area contributed by atoms with E-state index in [1.54, 1.807) is 6.07 Å². The van der Waals surface area contributed by atoms with Crippen LogP contribution >= 0.6 is 0 Å². The first-order valence-corrected chi connectivity index (χ1v) is 7.27. The van der Waals surface area contributed by atoms with Crippen molar-refractivity contribution in [1.82, 2.24) is 0 Å². The standard InChI is InChI=1S/C18H26O2/c1-5-20-18-11-7-10-17(19)16(18)13-12-15(4)9-6-8-14(2)3/h7-8,10-12,19H,5-6,9,13H2,1-4H3/b15-12+. The van der Waals surface area contributed by atoms with E-state index in [2.05, 4.69) is 32.9 Å². The zero-order valence-electron chi connectivity index (χ0n) is 13.1. The normalized spacial score (nSPS) is 11.3. The van der Waals surface area contributed by atoms with Gasteiger partial charge in [-0.05, 0) is 59.1 Å². The van der Waals surface area contributed by atoms with E-state index in [9.17, 15) is 5.11 Å². The summed E-state index contributed by atoms with van der Waals surface area (Å²) in [6.07, 6.45) is 7.27. The highest BCUT2D eigenvalue weighted by atomic mass is 16.5. The third-order valence-corrected chi connectivity index (χ3v) is 3.15. The summed E-state index contributed by atoms with van der Waals surface area (Å²) in [7, 11) is 0. The van der Waals surface area contributed by atoms with Crippen LogP contribution in [0.5, 0.6) is 11.5 Å². The summed E-state index contributed by atoms with van der Waals surface area (Å²) in [4.78, 5) is 0. The van der Waals surface area contributed by atoms with E-state index in [-0.39, 0.29) is 0 Å². The highest BCUT2D eigenvalue weighted by Gasteiger charge is 2.07. The number of phenolic OH excluding ortho intramolecular Hbond substituents is 1. The number of ether oxygens (including phenoxy) is 1. The average molecular weight is 274 g/mol. The number of benzene rings is 1. The minimum Gasteiger partial charge on any atom is -0.508 e. The molecule has 1 aromatic carbocycles. The quantitative estimate of drug-likeness (QED) is 0.707. The van der Waals surface area contributed by atoms with Crippen molar-refractivity contribution in [2.75, 3.05) is 6.61 Å². The van der Waals surface area contributed by atoms with Gasteiger partial charge in [0.1, 0.15) is 11.5 Å². The van der Waals surface area contributed by atoms with Gasteiger partial charge in [-0.2, -0.15) is 0 Å². The molecule has 0 unspecified atom stereocenters. The molecule has 0 amide bonds. The molecule has 110 valence electrons. The lowest BCUT2D eigenvalue weighted by atomic mass is 10.0. The summed E-state index contributed by atoms with van der Waals surface area (Å²) in [5.41, 5.74) is 3.57. The smallest absolute Gasteiger partial charge is 0.126 e. The first-order chi connectivity index (χ1) is 9.54. The molecule has 0 spiro atoms. The Kier molecular flexibility index (Phi) is 6.92. The summed E-state index contributed by atoms with van der Waals surface area (Å²) in [6.45, 7) is 8.94. The maximum atomic E-state index is 9.96. The molecule has 0 aliphatic rings. The number of rotatable bonds is 7. The Morgan fingerprint density at radius 1 is 1.20 bits per heavy atom. The molecular formula is C18H26O2. The lowest BCUT2D eigenvalue weighted by molar-refractivity contribution is 0.334. The number of phenols is 1. The van der Waals surface area contributed by atoms with E-state index in [1.165, 1.54) is 11.1 Å². The molecule has 1 aromatic rings. The molecule has 2 nitrogen and oxygen atoms in total. The van der Waals surface area contributed by atoms with Gasteiger partial charge in [-0.1, -0.05) is 29.4 Å². The van der Waals surface area contributed by atoms with E-state index < -0.39 is 0 Å². The topological polar surface area (TPSA) is 29.5 Å². The molecule has 0 aliphatic carbocycles. The lowest BCUT2D eigenvalue weighted by Crippen LogP contribution is -1.96. The molecule has 0 saturated carbocycles. The van der Waals surface area contributed by atoms with E-state index >= 15 is 0 Å². The van der Waals surface area contributed by atoms with Crippen molar-refractivity contribution in [2.24, 2.45) is 0 Å². The van der Waals surface area contributed by atoms with Gasteiger partial charge in [0.2, 0.25) is 0 Å². The van der Waals surface area contributed by atoms with Crippen LogP contribution in [0.15, 0.2) is 41.5 Å². The van der Waals surface area contributed by atoms with Crippen molar-refractivity contribution in [3.8, 4) is 11.5 Å². The van der Waals surface area contributed by atoms with Crippen LogP contribution in [0.1, 0.15) is 46.1 Å². The summed E-state index contributed by atoms with van der Waals surface area (Å²) in [6, 6.07) is 5.43. The minimum atomic E-state index is 0.310. The molecular weight excluding hydrogens is 248 g/mol. The second kappa shape index (κ2) is 8.47. The summed E-state index contributed by atoms with van der Waals surface area (Å²) >= 11 is 0. The Morgan fingerprint density at radius 3 is 2.60 bits per heavy atom. The molecule has 1 rings (SSSR count). The summed E-state index contributed by atoms with van der Waals surface area (Å²) in [5, 5.41) is 9.96. The molecule has 0 heterocycles. The van der Waals surface area contributed by atoms with Gasteiger partial charge in [0, 0.05) is 5.56 Å². The summed E-state index contributed by atoms with van der Waals surface area (Å²) in [5.74, 6) is 1.09. The van der Waals surface area contributed by atoms with Crippen LogP contribution in [0.4, 0.5) is 0 Å². The number of hydrogen-bond acceptors (Lipinski definition) is 2. The molecule has 0 aliphatic heterocycles. The van der Waals surface area contributed by atoms with Crippen LogP contribution in [0.3, 0.4) is 0 Å². The lowest BCUT2D eigenvalue weighted by Gasteiger charge is -2.10. The molecule has 0 bridgehead atoms. The van der Waals surface area contributed by atoms with Crippen molar-refractivity contribution in [3.63, 3.8) is 0 Å². The van der Waals surface area contributed by atoms with Crippen LogP contribution in [-0.2, 0) is 6.42 Å². The highest BCUT2D eigenvalue weighted by Crippen LogP contribution is 2.28. The van der Waals surface area contributed by atoms with E-state index in [0.29, 0.717) is 18.8 Å². The largest absolute Gasteiger partial charge is 0.508 e. The maximum Gasteiger partial charge on any atom is 0.126 e. The average Bonchev–Trinajstić information content (AvgIpc) is 2.38. The zero-order chi connectivity index (χ0) is 15.0. The van der Waals surface area contributed by atoms with Crippen LogP contribution in [-0.4, -0.2) is 11.7 Å². The Labute approximate surface area is 122 Å². The first-order valence-electron chi connectivity index (χ1n) is 7.27. The summed E-state index contributed by atoms with van der Waals surface area (Å²) < 4.78 is 5.56. The second-order valence-corrected chi connectivity index (χ2v) is 5.26. The van der Waals surface area contributed by atoms with E-state index in [0.717, 1.165) is 24.2 Å². The Hall–Kier alpha value is -1.70. The van der Waals surface area contributed by atoms with Gasteiger partial charge in [-0.15, -0.1) is 0 Å². The molecule has 20 heavy (non-hydrogen) atoms. The van der Waals surface area contributed by atoms with Crippen molar-refractivity contribution < 1.29 is 9.84 Å². The van der Waals surface area contributed by atoms with Crippen LogP contribution in [0.25, 0.3) is 0 Å². The van der Waals surface area contributed by atoms with Gasteiger partial charge < -0.3 is 9.84 Å². The molecule has 0 aromatic heterocycles. The predicted molar refractivity (Wildman–Crippen MR) is 85.4 cm³/mol. The molecule has 0 fully saturated rings. The third kappa shape index (κ3) is 5.52.